The number of carbonyl (C=O) groups is 1. The summed E-state index contributed by atoms with van der Waals surface area (Å²) in [7, 11) is 0. The molecule has 0 aliphatic rings. The average Bonchev–Trinajstić information content (AvgIpc) is 1.95. The highest BCUT2D eigenvalue weighted by molar-refractivity contribution is 14.1. The number of hydrogen-bond acceptors (Lipinski definition) is 1. The molecule has 0 radical (unpaired) electrons. The average molecular weight is 323 g/mol. The summed E-state index contributed by atoms with van der Waals surface area (Å²) in [5.41, 5.74) is 0. The molecule has 0 spiro atoms. The van der Waals surface area contributed by atoms with E-state index in [2.05, 4.69) is 0 Å². The molecular weight excluding hydrogens is 310 g/mol. The number of unbranched alkanes of at least 4 members (excludes halogenated alkanes) is 1. The van der Waals surface area contributed by atoms with Crippen molar-refractivity contribution in [1.29, 1.82) is 0 Å². The molecule has 0 fully saturated rings. The molecule has 6 heteroatoms. The lowest BCUT2D eigenvalue weighted by atomic mass is 10.2. The third-order valence-corrected chi connectivity index (χ3v) is 2.14. The lowest BCUT2D eigenvalue weighted by Crippen LogP contribution is -2.39. The zero-order valence-corrected chi connectivity index (χ0v) is 9.98. The molecule has 0 aromatic carbocycles. The van der Waals surface area contributed by atoms with Gasteiger partial charge in [0.15, 0.2) is 4.18 Å². The van der Waals surface area contributed by atoms with Gasteiger partial charge in [0.2, 0.25) is 5.91 Å². The molecule has 84 valence electrons. The molecule has 0 aliphatic heterocycles. The number of alkyl halides is 4. The number of nitrogens with one attached hydrogen (secondary N) is 1. The summed E-state index contributed by atoms with van der Waals surface area (Å²) in [6, 6.07) is -3.16. The molecule has 0 rings (SSSR count). The summed E-state index contributed by atoms with van der Waals surface area (Å²) < 4.78 is 36.8. The Morgan fingerprint density at radius 3 is 2.50 bits per heavy atom. The maximum Gasteiger partial charge on any atom is 0.325 e. The molecule has 0 aromatic heterocycles. The van der Waals surface area contributed by atoms with Crippen molar-refractivity contribution in [2.75, 3.05) is 0 Å². The Morgan fingerprint density at radius 2 is 2.07 bits per heavy atom. The van der Waals surface area contributed by atoms with Crippen LogP contribution in [0.15, 0.2) is 0 Å². The van der Waals surface area contributed by atoms with Gasteiger partial charge in [-0.1, -0.05) is 0 Å². The highest BCUT2D eigenvalue weighted by Gasteiger charge is 2.28. The van der Waals surface area contributed by atoms with Gasteiger partial charge >= 0.3 is 6.05 Å². The highest BCUT2D eigenvalue weighted by Crippen LogP contribution is 2.20. The smallest absolute Gasteiger partial charge is 0.298 e. The van der Waals surface area contributed by atoms with E-state index in [0.29, 0.717) is 6.42 Å². The van der Waals surface area contributed by atoms with Crippen molar-refractivity contribution in [1.82, 2.24) is 5.32 Å². The van der Waals surface area contributed by atoms with Gasteiger partial charge in [0, 0.05) is 13.3 Å². The predicted octanol–water partition coefficient (Wildman–Crippen LogP) is 3.01. The van der Waals surface area contributed by atoms with Crippen LogP contribution in [0.3, 0.4) is 0 Å². The van der Waals surface area contributed by atoms with E-state index in [9.17, 15) is 18.0 Å². The molecule has 1 N–H and O–H groups in total. The molecule has 14 heavy (non-hydrogen) atoms. The van der Waals surface area contributed by atoms with Crippen LogP contribution in [0, 0.1) is 0 Å². The lowest BCUT2D eigenvalue weighted by molar-refractivity contribution is -0.131. The molecule has 0 saturated carbocycles. The molecule has 1 amide bonds. The van der Waals surface area contributed by atoms with E-state index in [1.54, 1.807) is 22.6 Å². The van der Waals surface area contributed by atoms with Crippen molar-refractivity contribution in [2.24, 2.45) is 0 Å². The number of rotatable bonds is 6. The van der Waals surface area contributed by atoms with Gasteiger partial charge in [-0.2, -0.15) is 8.78 Å². The number of halogens is 4. The summed E-state index contributed by atoms with van der Waals surface area (Å²) in [5.74, 6) is -0.757. The molecule has 0 bridgehead atoms. The van der Waals surface area contributed by atoms with Crippen LogP contribution < -0.4 is 5.32 Å². The van der Waals surface area contributed by atoms with Crippen LogP contribution in [-0.2, 0) is 4.79 Å². The van der Waals surface area contributed by atoms with Crippen molar-refractivity contribution in [3.8, 4) is 0 Å². The second kappa shape index (κ2) is 6.47. The Bertz CT molecular complexity index is 187. The molecule has 0 saturated heterocycles. The number of hydrogen-bond donors (Lipinski definition) is 1. The maximum atomic E-state index is 12.8. The van der Waals surface area contributed by atoms with Crippen LogP contribution in [0.5, 0.6) is 0 Å². The van der Waals surface area contributed by atoms with Crippen molar-refractivity contribution in [3.05, 3.63) is 0 Å². The Labute approximate surface area is 94.8 Å². The number of carbonyl (C=O) groups excluding carboxylic acids is 1. The second-order valence-electron chi connectivity index (χ2n) is 3.02. The Kier molecular flexibility index (Phi) is 6.46. The first kappa shape index (κ1) is 14.0. The van der Waals surface area contributed by atoms with Gasteiger partial charge in [-0.05, 0) is 41.9 Å². The fraction of sp³-hybridized carbons (Fsp3) is 0.875. The van der Waals surface area contributed by atoms with Crippen LogP contribution >= 0.6 is 22.6 Å². The lowest BCUT2D eigenvalue weighted by Gasteiger charge is -2.16. The summed E-state index contributed by atoms with van der Waals surface area (Å²) >= 11 is 1.60. The minimum absolute atomic E-state index is 0.205. The minimum Gasteiger partial charge on any atom is -0.298 e. The van der Waals surface area contributed by atoms with Gasteiger partial charge in [0.25, 0.3) is 0 Å². The van der Waals surface area contributed by atoms with Gasteiger partial charge in [-0.25, -0.2) is 4.39 Å². The van der Waals surface area contributed by atoms with Gasteiger partial charge in [0.05, 0.1) is 0 Å². The summed E-state index contributed by atoms with van der Waals surface area (Å²) in [5, 5.41) is 1.54. The standard InChI is InChI=1S/C8H13F3INO/c1-6(14)13-8(10,11)5-3-2-4-7(9)12/h7H,2-5H2,1H3,(H,13,14). The SMILES string of the molecule is CC(=O)NC(F)(F)CCCCC(F)I. The maximum absolute atomic E-state index is 12.8. The van der Waals surface area contributed by atoms with E-state index < -0.39 is 22.6 Å². The first-order chi connectivity index (χ1) is 6.33. The van der Waals surface area contributed by atoms with E-state index in [-0.39, 0.29) is 12.8 Å². The summed E-state index contributed by atoms with van der Waals surface area (Å²) in [4.78, 5) is 10.3. The molecule has 0 heterocycles. The fourth-order valence-electron chi connectivity index (χ4n) is 0.966. The molecule has 1 atom stereocenters. The molecule has 1 unspecified atom stereocenters. The van der Waals surface area contributed by atoms with Crippen LogP contribution in [-0.4, -0.2) is 16.1 Å². The summed E-state index contributed by atoms with van der Waals surface area (Å²) in [6.45, 7) is 1.04. The Hall–Kier alpha value is -0.0100. The van der Waals surface area contributed by atoms with E-state index in [4.69, 9.17) is 0 Å². The normalized spacial score (nSPS) is 13.8. The second-order valence-corrected chi connectivity index (χ2v) is 4.37. The van der Waals surface area contributed by atoms with Crippen LogP contribution in [0.25, 0.3) is 0 Å². The zero-order valence-electron chi connectivity index (χ0n) is 7.83. The van der Waals surface area contributed by atoms with Crippen LogP contribution in [0.1, 0.15) is 32.6 Å². The van der Waals surface area contributed by atoms with E-state index >= 15 is 0 Å². The van der Waals surface area contributed by atoms with Crippen LogP contribution in [0.2, 0.25) is 0 Å². The third kappa shape index (κ3) is 8.58. The predicted molar refractivity (Wildman–Crippen MR) is 56.1 cm³/mol. The Balaban J connectivity index is 3.60. The quantitative estimate of drug-likeness (QED) is 0.346. The minimum atomic E-state index is -3.16. The molecular formula is C8H13F3INO. The third-order valence-electron chi connectivity index (χ3n) is 1.52. The fourth-order valence-corrected chi connectivity index (χ4v) is 1.41. The van der Waals surface area contributed by atoms with Gasteiger partial charge < -0.3 is 0 Å². The first-order valence-corrected chi connectivity index (χ1v) is 5.53. The van der Waals surface area contributed by atoms with Crippen molar-refractivity contribution in [3.63, 3.8) is 0 Å². The Morgan fingerprint density at radius 1 is 1.50 bits per heavy atom. The summed E-state index contributed by atoms with van der Waals surface area (Å²) in [6.07, 6.45) is 0.447. The van der Waals surface area contributed by atoms with Gasteiger partial charge in [-0.15, -0.1) is 0 Å². The van der Waals surface area contributed by atoms with E-state index in [1.165, 1.54) is 5.32 Å². The largest absolute Gasteiger partial charge is 0.325 e. The van der Waals surface area contributed by atoms with Crippen LogP contribution in [0.4, 0.5) is 13.2 Å². The van der Waals surface area contributed by atoms with Gasteiger partial charge in [-0.3, -0.25) is 10.1 Å². The van der Waals surface area contributed by atoms with Crippen molar-refractivity contribution in [2.45, 2.75) is 42.8 Å². The first-order valence-electron chi connectivity index (χ1n) is 4.28. The van der Waals surface area contributed by atoms with Gasteiger partial charge in [0.1, 0.15) is 0 Å². The molecule has 0 aliphatic carbocycles. The highest BCUT2D eigenvalue weighted by atomic mass is 127. The molecule has 0 aromatic rings. The topological polar surface area (TPSA) is 29.1 Å². The number of amides is 1. The van der Waals surface area contributed by atoms with E-state index in [1.807, 2.05) is 0 Å². The van der Waals surface area contributed by atoms with Crippen molar-refractivity contribution >= 4 is 28.5 Å². The van der Waals surface area contributed by atoms with E-state index in [0.717, 1.165) is 6.92 Å². The van der Waals surface area contributed by atoms with Crippen molar-refractivity contribution < 1.29 is 18.0 Å². The monoisotopic (exact) mass is 323 g/mol. The zero-order chi connectivity index (χ0) is 11.2. The molecule has 2 nitrogen and oxygen atoms in total.